The van der Waals surface area contributed by atoms with Crippen LogP contribution >= 0.6 is 11.8 Å². The molecule has 0 aromatic heterocycles. The summed E-state index contributed by atoms with van der Waals surface area (Å²) in [5.74, 6) is 0.0691. The van der Waals surface area contributed by atoms with Gasteiger partial charge in [0.05, 0.1) is 4.91 Å². The van der Waals surface area contributed by atoms with Crippen molar-refractivity contribution in [3.8, 4) is 5.75 Å². The number of benzene rings is 3. The zero-order valence-electron chi connectivity index (χ0n) is 18.6. The molecule has 0 saturated carbocycles. The van der Waals surface area contributed by atoms with Crippen LogP contribution in [0.2, 0.25) is 0 Å². The van der Waals surface area contributed by atoms with Crippen molar-refractivity contribution in [1.29, 1.82) is 0 Å². The van der Waals surface area contributed by atoms with E-state index in [4.69, 9.17) is 4.74 Å². The number of nitrogens with zero attached hydrogens (tertiary/aromatic N) is 2. The van der Waals surface area contributed by atoms with Crippen LogP contribution in [0.5, 0.6) is 5.75 Å². The van der Waals surface area contributed by atoms with Crippen LogP contribution in [-0.2, 0) is 16.2 Å². The van der Waals surface area contributed by atoms with Crippen molar-refractivity contribution in [2.45, 2.75) is 19.4 Å². The summed E-state index contributed by atoms with van der Waals surface area (Å²) in [7, 11) is 0. The zero-order valence-corrected chi connectivity index (χ0v) is 19.4. The average molecular weight is 473 g/mol. The highest BCUT2D eigenvalue weighted by Gasteiger charge is 2.37. The second-order valence-corrected chi connectivity index (χ2v) is 9.35. The molecule has 7 heteroatoms. The topological polar surface area (TPSA) is 66.9 Å². The minimum atomic E-state index is -0.426. The lowest BCUT2D eigenvalue weighted by Crippen LogP contribution is -2.40. The van der Waals surface area contributed by atoms with E-state index < -0.39 is 11.1 Å². The number of amides is 3. The van der Waals surface area contributed by atoms with E-state index in [2.05, 4.69) is 18.2 Å². The Bertz CT molecular complexity index is 1290. The molecule has 0 atom stereocenters. The summed E-state index contributed by atoms with van der Waals surface area (Å²) in [4.78, 5) is 40.7. The van der Waals surface area contributed by atoms with Gasteiger partial charge in [0, 0.05) is 13.1 Å². The Morgan fingerprint density at radius 1 is 0.971 bits per heavy atom. The molecule has 5 rings (SSSR count). The standard InChI is InChI=1S/C27H24N2O4S/c30-25(28-13-3-4-14-28)17-29-26(31)24(34-27(29)32)16-19-7-5-11-22(15-19)33-18-21-10-6-9-20-8-1-2-12-23(20)21/h1-2,5-12,15-16H,3-4,13-14,17-18H2/b24-16-. The lowest BCUT2D eigenvalue weighted by molar-refractivity contribution is -0.135. The van der Waals surface area contributed by atoms with Crippen LogP contribution in [0.4, 0.5) is 4.79 Å². The van der Waals surface area contributed by atoms with Gasteiger partial charge in [-0.05, 0) is 64.7 Å². The SMILES string of the molecule is O=C(CN1C(=O)S/C(=C\c2cccc(OCc3cccc4ccccc34)c2)C1=O)N1CCCC1. The molecule has 0 aliphatic carbocycles. The van der Waals surface area contributed by atoms with E-state index in [9.17, 15) is 14.4 Å². The Morgan fingerprint density at radius 2 is 1.74 bits per heavy atom. The number of fused-ring (bicyclic) bond motifs is 1. The van der Waals surface area contributed by atoms with E-state index in [1.807, 2.05) is 48.5 Å². The molecule has 0 spiro atoms. The second-order valence-electron chi connectivity index (χ2n) is 8.36. The minimum absolute atomic E-state index is 0.176. The van der Waals surface area contributed by atoms with Crippen molar-refractivity contribution in [3.63, 3.8) is 0 Å². The number of rotatable bonds is 6. The Hall–Kier alpha value is -3.58. The summed E-state index contributed by atoms with van der Waals surface area (Å²) in [5.41, 5.74) is 1.85. The highest BCUT2D eigenvalue weighted by atomic mass is 32.2. The first kappa shape index (κ1) is 22.2. The first-order valence-electron chi connectivity index (χ1n) is 11.3. The summed E-state index contributed by atoms with van der Waals surface area (Å²) in [6.07, 6.45) is 3.61. The highest BCUT2D eigenvalue weighted by Crippen LogP contribution is 2.33. The summed E-state index contributed by atoms with van der Waals surface area (Å²) >= 11 is 0.866. The van der Waals surface area contributed by atoms with Crippen molar-refractivity contribution in [2.24, 2.45) is 0 Å². The lowest BCUT2D eigenvalue weighted by atomic mass is 10.1. The maximum atomic E-state index is 12.8. The summed E-state index contributed by atoms with van der Waals surface area (Å²) in [6, 6.07) is 21.7. The van der Waals surface area contributed by atoms with Gasteiger partial charge >= 0.3 is 0 Å². The smallest absolute Gasteiger partial charge is 0.294 e. The summed E-state index contributed by atoms with van der Waals surface area (Å²) in [5, 5.41) is 1.90. The number of ether oxygens (including phenoxy) is 1. The van der Waals surface area contributed by atoms with Crippen molar-refractivity contribution >= 4 is 45.7 Å². The monoisotopic (exact) mass is 472 g/mol. The van der Waals surface area contributed by atoms with E-state index in [1.165, 1.54) is 0 Å². The van der Waals surface area contributed by atoms with Crippen LogP contribution in [0.1, 0.15) is 24.0 Å². The molecule has 0 unspecified atom stereocenters. The fourth-order valence-electron chi connectivity index (χ4n) is 4.26. The van der Waals surface area contributed by atoms with Gasteiger partial charge < -0.3 is 9.64 Å². The third kappa shape index (κ3) is 4.70. The van der Waals surface area contributed by atoms with Crippen LogP contribution < -0.4 is 4.74 Å². The molecular weight excluding hydrogens is 448 g/mol. The van der Waals surface area contributed by atoms with Gasteiger partial charge in [0.15, 0.2) is 0 Å². The van der Waals surface area contributed by atoms with E-state index in [0.717, 1.165) is 51.4 Å². The second kappa shape index (κ2) is 9.73. The first-order chi connectivity index (χ1) is 16.6. The van der Waals surface area contributed by atoms with Gasteiger partial charge in [0.1, 0.15) is 18.9 Å². The number of hydrogen-bond donors (Lipinski definition) is 0. The predicted octanol–water partition coefficient (Wildman–Crippen LogP) is 5.08. The van der Waals surface area contributed by atoms with Crippen LogP contribution in [0.15, 0.2) is 71.6 Å². The third-order valence-electron chi connectivity index (χ3n) is 6.06. The first-order valence-corrected chi connectivity index (χ1v) is 12.1. The minimum Gasteiger partial charge on any atom is -0.489 e. The van der Waals surface area contributed by atoms with Crippen LogP contribution in [0.25, 0.3) is 16.8 Å². The molecule has 2 fully saturated rings. The van der Waals surface area contributed by atoms with Crippen molar-refractivity contribution < 1.29 is 19.1 Å². The van der Waals surface area contributed by atoms with Crippen molar-refractivity contribution in [2.75, 3.05) is 19.6 Å². The molecule has 3 aromatic rings. The quantitative estimate of drug-likeness (QED) is 0.468. The van der Waals surface area contributed by atoms with E-state index in [-0.39, 0.29) is 12.5 Å². The zero-order chi connectivity index (χ0) is 23.5. The Balaban J connectivity index is 1.27. The van der Waals surface area contributed by atoms with Gasteiger partial charge in [-0.1, -0.05) is 54.6 Å². The molecule has 172 valence electrons. The Morgan fingerprint density at radius 3 is 2.59 bits per heavy atom. The normalized spacial score (nSPS) is 17.2. The number of hydrogen-bond acceptors (Lipinski definition) is 5. The molecule has 2 heterocycles. The van der Waals surface area contributed by atoms with Gasteiger partial charge in [0.2, 0.25) is 5.91 Å². The maximum Gasteiger partial charge on any atom is 0.294 e. The number of likely N-dealkylation sites (tertiary alicyclic amines) is 1. The summed E-state index contributed by atoms with van der Waals surface area (Å²) in [6.45, 7) is 1.60. The molecule has 0 bridgehead atoms. The number of imide groups is 1. The maximum absolute atomic E-state index is 12.8. The van der Waals surface area contributed by atoms with Gasteiger partial charge in [-0.2, -0.15) is 0 Å². The molecule has 3 amide bonds. The molecule has 3 aromatic carbocycles. The van der Waals surface area contributed by atoms with Crippen LogP contribution in [0.3, 0.4) is 0 Å². The molecule has 0 radical (unpaired) electrons. The van der Waals surface area contributed by atoms with Gasteiger partial charge in [-0.3, -0.25) is 19.3 Å². The molecular formula is C27H24N2O4S. The van der Waals surface area contributed by atoms with Gasteiger partial charge in [-0.15, -0.1) is 0 Å². The number of carbonyl (C=O) groups excluding carboxylic acids is 3. The van der Waals surface area contributed by atoms with Crippen LogP contribution in [-0.4, -0.2) is 46.5 Å². The van der Waals surface area contributed by atoms with E-state index >= 15 is 0 Å². The van der Waals surface area contributed by atoms with E-state index in [0.29, 0.717) is 30.4 Å². The fourth-order valence-corrected chi connectivity index (χ4v) is 5.10. The predicted molar refractivity (Wildman–Crippen MR) is 133 cm³/mol. The highest BCUT2D eigenvalue weighted by molar-refractivity contribution is 8.18. The molecule has 2 saturated heterocycles. The fraction of sp³-hybridized carbons (Fsp3) is 0.222. The molecule has 2 aliphatic heterocycles. The van der Waals surface area contributed by atoms with Gasteiger partial charge in [0.25, 0.3) is 11.1 Å². The lowest BCUT2D eigenvalue weighted by Gasteiger charge is -2.18. The van der Waals surface area contributed by atoms with Gasteiger partial charge in [-0.25, -0.2) is 0 Å². The van der Waals surface area contributed by atoms with E-state index in [1.54, 1.807) is 11.0 Å². The summed E-state index contributed by atoms with van der Waals surface area (Å²) < 4.78 is 6.04. The van der Waals surface area contributed by atoms with Crippen LogP contribution in [0, 0.1) is 0 Å². The average Bonchev–Trinajstić information content (AvgIpc) is 3.48. The molecule has 0 N–H and O–H groups in total. The van der Waals surface area contributed by atoms with Crippen molar-refractivity contribution in [3.05, 3.63) is 82.8 Å². The Kier molecular flexibility index (Phi) is 6.36. The Labute approximate surface area is 202 Å². The number of carbonyl (C=O) groups is 3. The third-order valence-corrected chi connectivity index (χ3v) is 6.96. The molecule has 34 heavy (non-hydrogen) atoms. The van der Waals surface area contributed by atoms with Crippen molar-refractivity contribution in [1.82, 2.24) is 9.80 Å². The molecule has 2 aliphatic rings. The largest absolute Gasteiger partial charge is 0.489 e. The number of thioether (sulfide) groups is 1. The molecule has 6 nitrogen and oxygen atoms in total.